The van der Waals surface area contributed by atoms with Gasteiger partial charge in [-0.05, 0) is 18.7 Å². The highest BCUT2D eigenvalue weighted by Gasteiger charge is 2.15. The van der Waals surface area contributed by atoms with E-state index in [0.29, 0.717) is 39.9 Å². The molecule has 0 fully saturated rings. The Labute approximate surface area is 150 Å². The number of rotatable bonds is 5. The molecular formula is C18H17Cl2N3O. The van der Waals surface area contributed by atoms with Gasteiger partial charge in [0.1, 0.15) is 5.82 Å². The topological polar surface area (TPSA) is 46.9 Å². The summed E-state index contributed by atoms with van der Waals surface area (Å²) in [4.78, 5) is 17.7. The van der Waals surface area contributed by atoms with E-state index < -0.39 is 0 Å². The average Bonchev–Trinajstić information content (AvgIpc) is 2.58. The van der Waals surface area contributed by atoms with Crippen LogP contribution in [0, 0.1) is 0 Å². The van der Waals surface area contributed by atoms with Crippen molar-refractivity contribution in [3.8, 4) is 11.4 Å². The minimum Gasteiger partial charge on any atom is -0.315 e. The number of fused-ring (bicyclic) bond motifs is 1. The van der Waals surface area contributed by atoms with Gasteiger partial charge < -0.3 is 5.32 Å². The molecule has 3 aromatic rings. The Bertz CT molecular complexity index is 923. The van der Waals surface area contributed by atoms with Crippen LogP contribution in [0.25, 0.3) is 22.3 Å². The second kappa shape index (κ2) is 7.34. The predicted molar refractivity (Wildman–Crippen MR) is 100 cm³/mol. The van der Waals surface area contributed by atoms with Gasteiger partial charge in [0.2, 0.25) is 0 Å². The van der Waals surface area contributed by atoms with Crippen molar-refractivity contribution in [2.24, 2.45) is 0 Å². The molecule has 0 spiro atoms. The standard InChI is InChI=1S/C18H17Cl2N3O/c1-2-21-8-9-23-17(12-6-4-3-5-7-12)22-16-14(18(23)24)10-13(19)11-15(16)20/h3-7,10-11,21H,2,8-9H2,1H3. The van der Waals surface area contributed by atoms with Crippen molar-refractivity contribution in [2.45, 2.75) is 13.5 Å². The molecule has 0 aliphatic carbocycles. The molecule has 0 unspecified atom stereocenters. The maximum absolute atomic E-state index is 13.0. The SMILES string of the molecule is CCNCCn1c(-c2ccccc2)nc2c(Cl)cc(Cl)cc2c1=O. The third-order valence-corrected chi connectivity index (χ3v) is 4.28. The maximum atomic E-state index is 13.0. The molecule has 0 saturated carbocycles. The van der Waals surface area contributed by atoms with Gasteiger partial charge >= 0.3 is 0 Å². The zero-order valence-corrected chi connectivity index (χ0v) is 14.7. The molecule has 0 atom stereocenters. The molecule has 0 radical (unpaired) electrons. The molecule has 1 aromatic heterocycles. The summed E-state index contributed by atoms with van der Waals surface area (Å²) < 4.78 is 1.67. The van der Waals surface area contributed by atoms with Crippen molar-refractivity contribution in [3.05, 3.63) is 62.9 Å². The van der Waals surface area contributed by atoms with Gasteiger partial charge in [0.25, 0.3) is 5.56 Å². The summed E-state index contributed by atoms with van der Waals surface area (Å²) in [5.41, 5.74) is 1.21. The van der Waals surface area contributed by atoms with E-state index in [1.807, 2.05) is 37.3 Å². The van der Waals surface area contributed by atoms with Gasteiger partial charge in [-0.15, -0.1) is 0 Å². The molecule has 0 bridgehead atoms. The zero-order valence-electron chi connectivity index (χ0n) is 13.2. The van der Waals surface area contributed by atoms with Gasteiger partial charge in [-0.3, -0.25) is 9.36 Å². The summed E-state index contributed by atoms with van der Waals surface area (Å²) in [5.74, 6) is 0.607. The first-order valence-corrected chi connectivity index (χ1v) is 8.53. The minimum absolute atomic E-state index is 0.138. The molecule has 0 aliphatic rings. The van der Waals surface area contributed by atoms with Crippen molar-refractivity contribution in [1.82, 2.24) is 14.9 Å². The molecule has 2 aromatic carbocycles. The van der Waals surface area contributed by atoms with Crippen molar-refractivity contribution in [1.29, 1.82) is 0 Å². The van der Waals surface area contributed by atoms with Gasteiger partial charge in [-0.1, -0.05) is 60.5 Å². The van der Waals surface area contributed by atoms with Crippen molar-refractivity contribution >= 4 is 34.1 Å². The van der Waals surface area contributed by atoms with Gasteiger partial charge in [0, 0.05) is 23.7 Å². The quantitative estimate of drug-likeness (QED) is 0.699. The number of likely N-dealkylation sites (N-methyl/N-ethyl adjacent to an activating group) is 1. The largest absolute Gasteiger partial charge is 0.315 e. The first kappa shape index (κ1) is 17.0. The second-order valence-electron chi connectivity index (χ2n) is 5.40. The van der Waals surface area contributed by atoms with E-state index in [9.17, 15) is 4.79 Å². The molecule has 0 aliphatic heterocycles. The molecule has 3 rings (SSSR count). The van der Waals surface area contributed by atoms with E-state index in [4.69, 9.17) is 23.2 Å². The summed E-state index contributed by atoms with van der Waals surface area (Å²) in [7, 11) is 0. The number of hydrogen-bond donors (Lipinski definition) is 1. The highest BCUT2D eigenvalue weighted by Crippen LogP contribution is 2.27. The van der Waals surface area contributed by atoms with E-state index in [0.717, 1.165) is 12.1 Å². The fourth-order valence-electron chi connectivity index (χ4n) is 2.63. The summed E-state index contributed by atoms with van der Waals surface area (Å²) in [6, 6.07) is 12.9. The lowest BCUT2D eigenvalue weighted by Crippen LogP contribution is -2.29. The smallest absolute Gasteiger partial charge is 0.261 e. The molecule has 0 amide bonds. The highest BCUT2D eigenvalue weighted by atomic mass is 35.5. The third kappa shape index (κ3) is 3.31. The normalized spacial score (nSPS) is 11.1. The Morgan fingerprint density at radius 1 is 1.17 bits per heavy atom. The van der Waals surface area contributed by atoms with Crippen LogP contribution < -0.4 is 10.9 Å². The Hall–Kier alpha value is -1.88. The lowest BCUT2D eigenvalue weighted by Gasteiger charge is -2.14. The third-order valence-electron chi connectivity index (χ3n) is 3.77. The van der Waals surface area contributed by atoms with Crippen LogP contribution in [0.5, 0.6) is 0 Å². The van der Waals surface area contributed by atoms with E-state index >= 15 is 0 Å². The van der Waals surface area contributed by atoms with Gasteiger partial charge in [-0.2, -0.15) is 0 Å². The number of benzene rings is 2. The molecule has 1 heterocycles. The molecular weight excluding hydrogens is 345 g/mol. The zero-order chi connectivity index (χ0) is 17.1. The van der Waals surface area contributed by atoms with E-state index in [2.05, 4.69) is 10.3 Å². The summed E-state index contributed by atoms with van der Waals surface area (Å²) in [6.45, 7) is 4.06. The minimum atomic E-state index is -0.138. The van der Waals surface area contributed by atoms with Gasteiger partial charge in [0.05, 0.1) is 15.9 Å². The number of aromatic nitrogens is 2. The molecule has 124 valence electrons. The summed E-state index contributed by atoms with van der Waals surface area (Å²) >= 11 is 12.3. The fraction of sp³-hybridized carbons (Fsp3) is 0.222. The first-order chi connectivity index (χ1) is 11.6. The lowest BCUT2D eigenvalue weighted by molar-refractivity contribution is 0.601. The van der Waals surface area contributed by atoms with Crippen LogP contribution in [-0.2, 0) is 6.54 Å². The van der Waals surface area contributed by atoms with E-state index in [1.165, 1.54) is 0 Å². The number of nitrogens with zero attached hydrogens (tertiary/aromatic N) is 2. The van der Waals surface area contributed by atoms with Crippen LogP contribution in [0.1, 0.15) is 6.92 Å². The Morgan fingerprint density at radius 3 is 2.62 bits per heavy atom. The Kier molecular flexibility index (Phi) is 5.19. The summed E-state index contributed by atoms with van der Waals surface area (Å²) in [6.07, 6.45) is 0. The van der Waals surface area contributed by atoms with Crippen LogP contribution in [0.4, 0.5) is 0 Å². The first-order valence-electron chi connectivity index (χ1n) is 7.77. The number of halogens is 2. The molecule has 6 heteroatoms. The van der Waals surface area contributed by atoms with Crippen LogP contribution in [0.15, 0.2) is 47.3 Å². The Morgan fingerprint density at radius 2 is 1.92 bits per heavy atom. The monoisotopic (exact) mass is 361 g/mol. The van der Waals surface area contributed by atoms with Crippen molar-refractivity contribution in [3.63, 3.8) is 0 Å². The number of hydrogen-bond acceptors (Lipinski definition) is 3. The highest BCUT2D eigenvalue weighted by molar-refractivity contribution is 6.38. The van der Waals surface area contributed by atoms with Crippen molar-refractivity contribution in [2.75, 3.05) is 13.1 Å². The van der Waals surface area contributed by atoms with Crippen molar-refractivity contribution < 1.29 is 0 Å². The second-order valence-corrected chi connectivity index (χ2v) is 6.24. The molecule has 24 heavy (non-hydrogen) atoms. The van der Waals surface area contributed by atoms with Gasteiger partial charge in [0.15, 0.2) is 0 Å². The van der Waals surface area contributed by atoms with Crippen LogP contribution >= 0.6 is 23.2 Å². The fourth-order valence-corrected chi connectivity index (χ4v) is 3.17. The molecule has 0 saturated heterocycles. The average molecular weight is 362 g/mol. The van der Waals surface area contributed by atoms with E-state index in [1.54, 1.807) is 16.7 Å². The summed E-state index contributed by atoms with van der Waals surface area (Å²) in [5, 5.41) is 4.48. The number of nitrogens with one attached hydrogen (secondary N) is 1. The maximum Gasteiger partial charge on any atom is 0.261 e. The van der Waals surface area contributed by atoms with Crippen LogP contribution in [-0.4, -0.2) is 22.6 Å². The molecule has 1 N–H and O–H groups in total. The predicted octanol–water partition coefficient (Wildman–Crippen LogP) is 3.98. The lowest BCUT2D eigenvalue weighted by atomic mass is 10.1. The van der Waals surface area contributed by atoms with E-state index in [-0.39, 0.29) is 5.56 Å². The van der Waals surface area contributed by atoms with Crippen LogP contribution in [0.3, 0.4) is 0 Å². The van der Waals surface area contributed by atoms with Gasteiger partial charge in [-0.25, -0.2) is 4.98 Å². The Balaban J connectivity index is 2.27. The van der Waals surface area contributed by atoms with Crippen LogP contribution in [0.2, 0.25) is 10.0 Å². The molecule has 4 nitrogen and oxygen atoms in total.